The van der Waals surface area contributed by atoms with Gasteiger partial charge in [0.25, 0.3) is 0 Å². The minimum absolute atomic E-state index is 0.222. The average Bonchev–Trinajstić information content (AvgIpc) is 2.82. The van der Waals surface area contributed by atoms with E-state index in [4.69, 9.17) is 4.74 Å². The number of rotatable bonds is 6. The first-order valence-corrected chi connectivity index (χ1v) is 8.47. The van der Waals surface area contributed by atoms with Gasteiger partial charge in [-0.1, -0.05) is 19.1 Å². The van der Waals surface area contributed by atoms with Gasteiger partial charge < -0.3 is 10.1 Å². The van der Waals surface area contributed by atoms with Crippen molar-refractivity contribution in [3.8, 4) is 0 Å². The molecule has 0 bridgehead atoms. The number of hydrogen-bond acceptors (Lipinski definition) is 4. The molecule has 2 rings (SSSR count). The molecule has 112 valence electrons. The van der Waals surface area contributed by atoms with Crippen LogP contribution in [0, 0.1) is 5.92 Å². The summed E-state index contributed by atoms with van der Waals surface area (Å²) < 4.78 is 32.3. The van der Waals surface area contributed by atoms with Gasteiger partial charge in [0.05, 0.1) is 11.8 Å². The number of benzene rings is 1. The van der Waals surface area contributed by atoms with Crippen LogP contribution in [0.5, 0.6) is 0 Å². The Labute approximate surface area is 120 Å². The van der Waals surface area contributed by atoms with E-state index in [-0.39, 0.29) is 6.10 Å². The van der Waals surface area contributed by atoms with Gasteiger partial charge in [-0.25, -0.2) is 13.1 Å². The van der Waals surface area contributed by atoms with E-state index in [1.807, 2.05) is 6.07 Å². The van der Waals surface area contributed by atoms with Crippen molar-refractivity contribution in [2.24, 2.45) is 5.92 Å². The first kappa shape index (κ1) is 15.3. The van der Waals surface area contributed by atoms with E-state index in [1.54, 1.807) is 25.1 Å². The molecular weight excluding hydrogens is 276 g/mol. The molecule has 2 unspecified atom stereocenters. The highest BCUT2D eigenvalue weighted by Crippen LogP contribution is 2.24. The van der Waals surface area contributed by atoms with Gasteiger partial charge in [0.15, 0.2) is 0 Å². The standard InChI is InChI=1S/C14H22N2O3S/c1-3-16-20(17,18)14-7-5-4-6-13(14)15-10-12-8-9-19-11(12)2/h4-7,11-12,15-16H,3,8-10H2,1-2H3. The van der Waals surface area contributed by atoms with Crippen LogP contribution in [-0.4, -0.2) is 34.2 Å². The SMILES string of the molecule is CCNS(=O)(=O)c1ccccc1NCC1CCOC1C. The molecule has 0 amide bonds. The molecule has 0 spiro atoms. The van der Waals surface area contributed by atoms with E-state index in [1.165, 1.54) is 0 Å². The Bertz CT molecular complexity index is 545. The maximum atomic E-state index is 12.1. The fourth-order valence-electron chi connectivity index (χ4n) is 2.40. The lowest BCUT2D eigenvalue weighted by molar-refractivity contribution is 0.108. The van der Waals surface area contributed by atoms with Crippen molar-refractivity contribution in [2.45, 2.75) is 31.3 Å². The van der Waals surface area contributed by atoms with Gasteiger partial charge in [-0.2, -0.15) is 0 Å². The summed E-state index contributed by atoms with van der Waals surface area (Å²) in [6.45, 7) is 5.71. The third kappa shape index (κ3) is 3.50. The third-order valence-electron chi connectivity index (χ3n) is 3.60. The van der Waals surface area contributed by atoms with Crippen LogP contribution in [0.15, 0.2) is 29.2 Å². The van der Waals surface area contributed by atoms with Crippen LogP contribution >= 0.6 is 0 Å². The van der Waals surface area contributed by atoms with E-state index in [0.717, 1.165) is 19.6 Å². The normalized spacial score (nSPS) is 22.9. The van der Waals surface area contributed by atoms with Crippen LogP contribution in [0.2, 0.25) is 0 Å². The third-order valence-corrected chi connectivity index (χ3v) is 5.20. The Morgan fingerprint density at radius 2 is 2.10 bits per heavy atom. The van der Waals surface area contributed by atoms with Crippen LogP contribution in [-0.2, 0) is 14.8 Å². The Morgan fingerprint density at radius 1 is 1.35 bits per heavy atom. The van der Waals surface area contributed by atoms with Crippen molar-refractivity contribution >= 4 is 15.7 Å². The quantitative estimate of drug-likeness (QED) is 0.840. The number of anilines is 1. The first-order valence-electron chi connectivity index (χ1n) is 6.98. The summed E-state index contributed by atoms with van der Waals surface area (Å²) in [5, 5.41) is 3.25. The van der Waals surface area contributed by atoms with Crippen molar-refractivity contribution in [2.75, 3.05) is 25.0 Å². The molecular formula is C14H22N2O3S. The van der Waals surface area contributed by atoms with Gasteiger partial charge in [-0.3, -0.25) is 0 Å². The molecule has 0 aliphatic carbocycles. The Balaban J connectivity index is 2.12. The predicted octanol–water partition coefficient (Wildman–Crippen LogP) is 1.82. The molecule has 1 heterocycles. The lowest BCUT2D eigenvalue weighted by Crippen LogP contribution is -2.25. The lowest BCUT2D eigenvalue weighted by Gasteiger charge is -2.17. The van der Waals surface area contributed by atoms with E-state index < -0.39 is 10.0 Å². The molecule has 20 heavy (non-hydrogen) atoms. The minimum Gasteiger partial charge on any atom is -0.384 e. The second kappa shape index (κ2) is 6.56. The second-order valence-corrected chi connectivity index (χ2v) is 6.74. The Kier molecular flexibility index (Phi) is 5.01. The number of sulfonamides is 1. The van der Waals surface area contributed by atoms with Crippen molar-refractivity contribution in [3.05, 3.63) is 24.3 Å². The molecule has 0 saturated carbocycles. The van der Waals surface area contributed by atoms with Crippen molar-refractivity contribution in [1.29, 1.82) is 0 Å². The van der Waals surface area contributed by atoms with Gasteiger partial charge >= 0.3 is 0 Å². The van der Waals surface area contributed by atoms with Crippen LogP contribution in [0.3, 0.4) is 0 Å². The molecule has 1 aromatic carbocycles. The van der Waals surface area contributed by atoms with Crippen molar-refractivity contribution < 1.29 is 13.2 Å². The highest BCUT2D eigenvalue weighted by atomic mass is 32.2. The molecule has 0 aromatic heterocycles. The van der Waals surface area contributed by atoms with Crippen LogP contribution in [0.4, 0.5) is 5.69 Å². The molecule has 1 fully saturated rings. The predicted molar refractivity (Wildman–Crippen MR) is 79.3 cm³/mol. The zero-order valence-electron chi connectivity index (χ0n) is 11.9. The maximum Gasteiger partial charge on any atom is 0.242 e. The summed E-state index contributed by atoms with van der Waals surface area (Å²) >= 11 is 0. The van der Waals surface area contributed by atoms with Gasteiger partial charge in [-0.15, -0.1) is 0 Å². The highest BCUT2D eigenvalue weighted by Gasteiger charge is 2.24. The molecule has 1 aliphatic heterocycles. The number of nitrogens with one attached hydrogen (secondary N) is 2. The summed E-state index contributed by atoms with van der Waals surface area (Å²) in [6, 6.07) is 6.98. The lowest BCUT2D eigenvalue weighted by atomic mass is 10.0. The molecule has 5 nitrogen and oxygen atoms in total. The van der Waals surface area contributed by atoms with Gasteiger partial charge in [0.2, 0.25) is 10.0 Å². The smallest absolute Gasteiger partial charge is 0.242 e. The highest BCUT2D eigenvalue weighted by molar-refractivity contribution is 7.89. The zero-order chi connectivity index (χ0) is 14.6. The monoisotopic (exact) mass is 298 g/mol. The van der Waals surface area contributed by atoms with Crippen molar-refractivity contribution in [3.63, 3.8) is 0 Å². The van der Waals surface area contributed by atoms with E-state index in [2.05, 4.69) is 17.0 Å². The summed E-state index contributed by atoms with van der Waals surface area (Å²) in [7, 11) is -3.44. The number of para-hydroxylation sites is 1. The maximum absolute atomic E-state index is 12.1. The Hall–Kier alpha value is -1.11. The second-order valence-electron chi connectivity index (χ2n) is 5.00. The summed E-state index contributed by atoms with van der Waals surface area (Å²) in [5.41, 5.74) is 0.646. The summed E-state index contributed by atoms with van der Waals surface area (Å²) in [5.74, 6) is 0.421. The van der Waals surface area contributed by atoms with E-state index in [0.29, 0.717) is 23.0 Å². The molecule has 2 N–H and O–H groups in total. The fourth-order valence-corrected chi connectivity index (χ4v) is 3.62. The van der Waals surface area contributed by atoms with Crippen LogP contribution in [0.25, 0.3) is 0 Å². The van der Waals surface area contributed by atoms with Crippen LogP contribution in [0.1, 0.15) is 20.3 Å². The summed E-state index contributed by atoms with van der Waals surface area (Å²) in [4.78, 5) is 0.299. The zero-order valence-corrected chi connectivity index (χ0v) is 12.7. The average molecular weight is 298 g/mol. The first-order chi connectivity index (χ1) is 9.54. The molecule has 0 radical (unpaired) electrons. The largest absolute Gasteiger partial charge is 0.384 e. The minimum atomic E-state index is -3.44. The van der Waals surface area contributed by atoms with Crippen LogP contribution < -0.4 is 10.0 Å². The number of ether oxygens (including phenoxy) is 1. The molecule has 1 aliphatic rings. The van der Waals surface area contributed by atoms with Gasteiger partial charge in [0.1, 0.15) is 4.90 Å². The molecule has 1 saturated heterocycles. The summed E-state index contributed by atoms with van der Waals surface area (Å²) in [6.07, 6.45) is 1.23. The molecule has 1 aromatic rings. The van der Waals surface area contributed by atoms with Crippen molar-refractivity contribution in [1.82, 2.24) is 4.72 Å². The van der Waals surface area contributed by atoms with Gasteiger partial charge in [0, 0.05) is 25.6 Å². The number of hydrogen-bond donors (Lipinski definition) is 2. The van der Waals surface area contributed by atoms with Gasteiger partial charge in [-0.05, 0) is 25.5 Å². The topological polar surface area (TPSA) is 67.4 Å². The molecule has 2 atom stereocenters. The Morgan fingerprint density at radius 3 is 2.75 bits per heavy atom. The van der Waals surface area contributed by atoms with E-state index in [9.17, 15) is 8.42 Å². The van der Waals surface area contributed by atoms with E-state index >= 15 is 0 Å². The molecule has 6 heteroatoms. The fraction of sp³-hybridized carbons (Fsp3) is 0.571.